The second-order valence-electron chi connectivity index (χ2n) is 6.35. The third kappa shape index (κ3) is 3.62. The van der Waals surface area contributed by atoms with Crippen molar-refractivity contribution in [3.05, 3.63) is 66.5 Å². The van der Waals surface area contributed by atoms with Gasteiger partial charge in [-0.3, -0.25) is 4.79 Å². The van der Waals surface area contributed by atoms with E-state index in [4.69, 9.17) is 4.74 Å². The summed E-state index contributed by atoms with van der Waals surface area (Å²) in [5.41, 5.74) is 0.681. The molecular formula is C20H21N5O2. The van der Waals surface area contributed by atoms with Crippen molar-refractivity contribution < 1.29 is 9.53 Å². The van der Waals surface area contributed by atoms with Crippen LogP contribution < -0.4 is 9.64 Å². The number of aromatic nitrogens is 3. The normalized spacial score (nSPS) is 14.3. The third-order valence-electron chi connectivity index (χ3n) is 4.73. The predicted octanol–water partition coefficient (Wildman–Crippen LogP) is 2.24. The van der Waals surface area contributed by atoms with Crippen molar-refractivity contribution in [1.29, 1.82) is 0 Å². The number of hydrogen-bond acceptors (Lipinski definition) is 5. The molecule has 0 spiro atoms. The van der Waals surface area contributed by atoms with E-state index in [0.717, 1.165) is 30.5 Å². The maximum atomic E-state index is 12.7. The van der Waals surface area contributed by atoms with Gasteiger partial charge in [0.2, 0.25) is 0 Å². The van der Waals surface area contributed by atoms with Gasteiger partial charge in [-0.1, -0.05) is 0 Å². The first-order valence-electron chi connectivity index (χ1n) is 8.90. The van der Waals surface area contributed by atoms with Crippen LogP contribution in [0.3, 0.4) is 0 Å². The fraction of sp³-hybridized carbons (Fsp3) is 0.250. The van der Waals surface area contributed by atoms with Crippen LogP contribution in [-0.2, 0) is 0 Å². The Balaban J connectivity index is 1.37. The van der Waals surface area contributed by atoms with Crippen LogP contribution in [0, 0.1) is 0 Å². The van der Waals surface area contributed by atoms with Crippen LogP contribution in [-0.4, -0.2) is 58.9 Å². The van der Waals surface area contributed by atoms with Crippen LogP contribution in [0.4, 0.5) is 5.82 Å². The summed E-state index contributed by atoms with van der Waals surface area (Å²) in [4.78, 5) is 16.7. The van der Waals surface area contributed by atoms with Gasteiger partial charge in [-0.15, -0.1) is 10.2 Å². The molecule has 3 heterocycles. The van der Waals surface area contributed by atoms with E-state index in [1.807, 2.05) is 58.3 Å². The second-order valence-corrected chi connectivity index (χ2v) is 6.35. The Morgan fingerprint density at radius 3 is 2.11 bits per heavy atom. The smallest absolute Gasteiger partial charge is 0.253 e. The highest BCUT2D eigenvalue weighted by Crippen LogP contribution is 2.17. The largest absolute Gasteiger partial charge is 0.497 e. The summed E-state index contributed by atoms with van der Waals surface area (Å²) in [6.07, 6.45) is 3.88. The number of rotatable bonds is 4. The zero-order chi connectivity index (χ0) is 18.6. The summed E-state index contributed by atoms with van der Waals surface area (Å²) in [6, 6.07) is 15.1. The maximum Gasteiger partial charge on any atom is 0.253 e. The number of amides is 1. The Kier molecular flexibility index (Phi) is 4.74. The predicted molar refractivity (Wildman–Crippen MR) is 102 cm³/mol. The van der Waals surface area contributed by atoms with Gasteiger partial charge in [-0.25, -0.2) is 0 Å². The van der Waals surface area contributed by atoms with E-state index in [2.05, 4.69) is 15.1 Å². The molecule has 0 bridgehead atoms. The SMILES string of the molecule is COc1ccc(C(=O)N2CCN(c3ccc(-n4cccc4)nn3)CC2)cc1. The van der Waals surface area contributed by atoms with Gasteiger partial charge in [0.15, 0.2) is 11.6 Å². The molecule has 7 heteroatoms. The zero-order valence-electron chi connectivity index (χ0n) is 15.2. The molecule has 0 aliphatic carbocycles. The van der Waals surface area contributed by atoms with Crippen LogP contribution in [0.25, 0.3) is 5.82 Å². The molecule has 1 saturated heterocycles. The highest BCUT2D eigenvalue weighted by molar-refractivity contribution is 5.94. The maximum absolute atomic E-state index is 12.7. The number of methoxy groups -OCH3 is 1. The van der Waals surface area contributed by atoms with Gasteiger partial charge in [-0.2, -0.15) is 0 Å². The number of anilines is 1. The Morgan fingerprint density at radius 1 is 0.889 bits per heavy atom. The molecule has 138 valence electrons. The van der Waals surface area contributed by atoms with Gasteiger partial charge in [0.25, 0.3) is 5.91 Å². The Bertz CT molecular complexity index is 883. The minimum absolute atomic E-state index is 0.0475. The fourth-order valence-electron chi connectivity index (χ4n) is 3.17. The number of hydrogen-bond donors (Lipinski definition) is 0. The monoisotopic (exact) mass is 363 g/mol. The molecule has 3 aromatic rings. The summed E-state index contributed by atoms with van der Waals surface area (Å²) in [5, 5.41) is 8.64. The van der Waals surface area contributed by atoms with Crippen LogP contribution in [0.5, 0.6) is 5.75 Å². The molecule has 4 rings (SSSR count). The molecule has 1 amide bonds. The van der Waals surface area contributed by atoms with Gasteiger partial charge in [0, 0.05) is 44.1 Å². The van der Waals surface area contributed by atoms with Crippen LogP contribution in [0.1, 0.15) is 10.4 Å². The van der Waals surface area contributed by atoms with E-state index in [1.54, 1.807) is 19.2 Å². The summed E-state index contributed by atoms with van der Waals surface area (Å²) in [7, 11) is 1.62. The van der Waals surface area contributed by atoms with E-state index < -0.39 is 0 Å². The fourth-order valence-corrected chi connectivity index (χ4v) is 3.17. The quantitative estimate of drug-likeness (QED) is 0.711. The lowest BCUT2D eigenvalue weighted by Gasteiger charge is -2.35. The lowest BCUT2D eigenvalue weighted by Crippen LogP contribution is -2.49. The van der Waals surface area contributed by atoms with E-state index in [-0.39, 0.29) is 5.91 Å². The van der Waals surface area contributed by atoms with Crippen molar-refractivity contribution in [2.75, 3.05) is 38.2 Å². The second kappa shape index (κ2) is 7.49. The van der Waals surface area contributed by atoms with E-state index in [1.165, 1.54) is 0 Å². The number of carbonyl (C=O) groups excluding carboxylic acids is 1. The Labute approximate surface area is 157 Å². The molecule has 0 saturated carbocycles. The molecule has 1 fully saturated rings. The van der Waals surface area contributed by atoms with Crippen LogP contribution in [0.2, 0.25) is 0 Å². The third-order valence-corrected chi connectivity index (χ3v) is 4.73. The molecule has 0 N–H and O–H groups in total. The zero-order valence-corrected chi connectivity index (χ0v) is 15.2. The van der Waals surface area contributed by atoms with Crippen molar-refractivity contribution in [3.8, 4) is 11.6 Å². The highest BCUT2D eigenvalue weighted by atomic mass is 16.5. The molecule has 7 nitrogen and oxygen atoms in total. The van der Waals surface area contributed by atoms with Crippen molar-refractivity contribution in [2.45, 2.75) is 0 Å². The Morgan fingerprint density at radius 2 is 1.52 bits per heavy atom. The minimum Gasteiger partial charge on any atom is -0.497 e. The average Bonchev–Trinajstić information content (AvgIpc) is 3.28. The van der Waals surface area contributed by atoms with Crippen molar-refractivity contribution in [3.63, 3.8) is 0 Å². The van der Waals surface area contributed by atoms with Gasteiger partial charge in [0.05, 0.1) is 7.11 Å². The molecule has 1 aliphatic rings. The van der Waals surface area contributed by atoms with Gasteiger partial charge < -0.3 is 19.1 Å². The van der Waals surface area contributed by atoms with Crippen molar-refractivity contribution in [1.82, 2.24) is 19.7 Å². The summed E-state index contributed by atoms with van der Waals surface area (Å²) >= 11 is 0. The number of benzene rings is 1. The summed E-state index contributed by atoms with van der Waals surface area (Å²) in [5.74, 6) is 2.42. The summed E-state index contributed by atoms with van der Waals surface area (Å²) < 4.78 is 7.06. The standard InChI is InChI=1S/C20H21N5O2/c1-27-17-6-4-16(5-7-17)20(26)25-14-12-24(13-15-25)19-9-8-18(21-22-19)23-10-2-3-11-23/h2-11H,12-15H2,1H3. The van der Waals surface area contributed by atoms with Gasteiger partial charge in [-0.05, 0) is 48.5 Å². The van der Waals surface area contributed by atoms with Crippen LogP contribution in [0.15, 0.2) is 60.9 Å². The lowest BCUT2D eigenvalue weighted by atomic mass is 10.1. The first kappa shape index (κ1) is 17.1. The number of piperazine rings is 1. The molecule has 1 aromatic carbocycles. The van der Waals surface area contributed by atoms with E-state index in [9.17, 15) is 4.79 Å². The molecule has 27 heavy (non-hydrogen) atoms. The van der Waals surface area contributed by atoms with Gasteiger partial charge in [0.1, 0.15) is 5.75 Å². The number of carbonyl (C=O) groups is 1. The molecule has 1 aliphatic heterocycles. The lowest BCUT2D eigenvalue weighted by molar-refractivity contribution is 0.0746. The minimum atomic E-state index is 0.0475. The molecule has 0 atom stereocenters. The molecule has 2 aromatic heterocycles. The molecular weight excluding hydrogens is 342 g/mol. The van der Waals surface area contributed by atoms with Crippen molar-refractivity contribution in [2.24, 2.45) is 0 Å². The van der Waals surface area contributed by atoms with Gasteiger partial charge >= 0.3 is 0 Å². The summed E-state index contributed by atoms with van der Waals surface area (Å²) in [6.45, 7) is 2.79. The first-order valence-corrected chi connectivity index (χ1v) is 8.90. The van der Waals surface area contributed by atoms with E-state index in [0.29, 0.717) is 18.7 Å². The number of ether oxygens (including phenoxy) is 1. The van der Waals surface area contributed by atoms with Crippen molar-refractivity contribution >= 4 is 11.7 Å². The first-order chi connectivity index (χ1) is 13.2. The molecule has 0 unspecified atom stereocenters. The average molecular weight is 363 g/mol. The molecule has 0 radical (unpaired) electrons. The van der Waals surface area contributed by atoms with Crippen LogP contribution >= 0.6 is 0 Å². The number of nitrogens with zero attached hydrogens (tertiary/aromatic N) is 5. The topological polar surface area (TPSA) is 63.5 Å². The Hall–Kier alpha value is -3.35. The highest BCUT2D eigenvalue weighted by Gasteiger charge is 2.23. The van der Waals surface area contributed by atoms with E-state index >= 15 is 0 Å².